The Hall–Kier alpha value is -1.66. The lowest BCUT2D eigenvalue weighted by Crippen LogP contribution is -2.45. The van der Waals surface area contributed by atoms with E-state index in [-0.39, 0.29) is 18.5 Å². The third kappa shape index (κ3) is 59.4. The largest absolute Gasteiger partial charge is 0.466 e. The van der Waals surface area contributed by atoms with E-state index in [0.29, 0.717) is 19.4 Å². The Morgan fingerprint density at radius 2 is 0.644 bits per heavy atom. The van der Waals surface area contributed by atoms with Gasteiger partial charge in [-0.25, -0.2) is 0 Å². The molecule has 6 heteroatoms. The second kappa shape index (κ2) is 62.9. The first-order valence-corrected chi connectivity index (χ1v) is 33.1. The molecule has 0 aliphatic carbocycles. The van der Waals surface area contributed by atoms with Crippen molar-refractivity contribution in [2.45, 2.75) is 379 Å². The summed E-state index contributed by atoms with van der Waals surface area (Å²) in [6.07, 6.45) is 78.0. The number of allylic oxidation sites excluding steroid dienone is 3. The molecule has 0 saturated heterocycles. The standard InChI is InChI=1S/C67H129NO5/c1-3-5-7-9-11-13-15-17-18-19-20-27-30-33-36-39-43-47-51-55-59-65(70)64(63-69)68-66(71)60-56-52-48-44-40-37-34-31-28-25-23-21-22-24-26-29-32-35-38-42-46-50-54-58-62-73-67(72)61-57-53-49-45-41-16-14-12-10-8-6-4-2/h23,25,55,59,64-65,69-70H,3-22,24,26-54,56-58,60-63H2,1-2H3,(H,68,71)/b25-23-,59-55+. The van der Waals surface area contributed by atoms with Gasteiger partial charge in [-0.3, -0.25) is 9.59 Å². The molecule has 2 unspecified atom stereocenters. The molecule has 0 bridgehead atoms. The van der Waals surface area contributed by atoms with E-state index in [1.165, 1.54) is 302 Å². The van der Waals surface area contributed by atoms with Gasteiger partial charge >= 0.3 is 5.97 Å². The van der Waals surface area contributed by atoms with Crippen LogP contribution < -0.4 is 5.32 Å². The highest BCUT2D eigenvalue weighted by molar-refractivity contribution is 5.76. The number of hydrogen-bond acceptors (Lipinski definition) is 5. The minimum absolute atomic E-state index is 0.0133. The van der Waals surface area contributed by atoms with E-state index in [1.54, 1.807) is 6.08 Å². The SMILES string of the molecule is CCCCCCCCCCCCCCCCCCCC/C=C/C(O)C(CO)NC(=O)CCCCCCCCCC/C=C\CCCCCCCCCCCCCCOC(=O)CCCCCCCCCCCCCC. The van der Waals surface area contributed by atoms with Crippen LogP contribution in [0, 0.1) is 0 Å². The molecule has 73 heavy (non-hydrogen) atoms. The fraction of sp³-hybridized carbons (Fsp3) is 0.910. The summed E-state index contributed by atoms with van der Waals surface area (Å²) in [5.74, 6) is -0.0559. The molecule has 3 N–H and O–H groups in total. The summed E-state index contributed by atoms with van der Waals surface area (Å²) >= 11 is 0. The van der Waals surface area contributed by atoms with Crippen molar-refractivity contribution >= 4 is 11.9 Å². The molecule has 6 nitrogen and oxygen atoms in total. The molecule has 2 atom stereocenters. The van der Waals surface area contributed by atoms with Crippen LogP contribution in [0.2, 0.25) is 0 Å². The molecule has 0 spiro atoms. The first-order valence-electron chi connectivity index (χ1n) is 33.1. The lowest BCUT2D eigenvalue weighted by Gasteiger charge is -2.20. The van der Waals surface area contributed by atoms with Gasteiger partial charge in [0.05, 0.1) is 25.4 Å². The minimum atomic E-state index is -0.848. The van der Waals surface area contributed by atoms with Gasteiger partial charge in [0.15, 0.2) is 0 Å². The van der Waals surface area contributed by atoms with Crippen LogP contribution in [0.1, 0.15) is 367 Å². The first-order chi connectivity index (χ1) is 36.0. The summed E-state index contributed by atoms with van der Waals surface area (Å²) in [7, 11) is 0. The van der Waals surface area contributed by atoms with Crippen LogP contribution in [-0.4, -0.2) is 47.4 Å². The fourth-order valence-electron chi connectivity index (χ4n) is 10.4. The minimum Gasteiger partial charge on any atom is -0.466 e. The molecule has 0 saturated carbocycles. The number of unbranched alkanes of at least 4 members (excludes halogenated alkanes) is 49. The number of ether oxygens (including phenoxy) is 1. The monoisotopic (exact) mass is 1030 g/mol. The van der Waals surface area contributed by atoms with Gasteiger partial charge < -0.3 is 20.3 Å². The van der Waals surface area contributed by atoms with Gasteiger partial charge in [-0.1, -0.05) is 321 Å². The number of carbonyl (C=O) groups is 2. The zero-order valence-corrected chi connectivity index (χ0v) is 49.4. The fourth-order valence-corrected chi connectivity index (χ4v) is 10.4. The summed E-state index contributed by atoms with van der Waals surface area (Å²) in [5, 5.41) is 23.2. The number of rotatable bonds is 62. The van der Waals surface area contributed by atoms with Crippen LogP contribution in [0.25, 0.3) is 0 Å². The van der Waals surface area contributed by atoms with E-state index in [2.05, 4.69) is 31.3 Å². The van der Waals surface area contributed by atoms with Gasteiger partial charge in [0, 0.05) is 12.8 Å². The third-order valence-electron chi connectivity index (χ3n) is 15.5. The van der Waals surface area contributed by atoms with Crippen molar-refractivity contribution in [1.82, 2.24) is 5.32 Å². The summed E-state index contributed by atoms with van der Waals surface area (Å²) in [4.78, 5) is 24.5. The van der Waals surface area contributed by atoms with Gasteiger partial charge in [0.2, 0.25) is 5.91 Å². The van der Waals surface area contributed by atoms with Crippen molar-refractivity contribution in [3.05, 3.63) is 24.3 Å². The summed E-state index contributed by atoms with van der Waals surface area (Å²) in [6.45, 7) is 4.93. The van der Waals surface area contributed by atoms with E-state index < -0.39 is 12.1 Å². The smallest absolute Gasteiger partial charge is 0.305 e. The Bertz CT molecular complexity index is 1140. The summed E-state index contributed by atoms with van der Waals surface area (Å²) < 4.78 is 5.48. The number of carbonyl (C=O) groups excluding carboxylic acids is 2. The number of aliphatic hydroxyl groups is 2. The molecule has 0 aromatic rings. The maximum absolute atomic E-state index is 12.5. The Morgan fingerprint density at radius 1 is 0.370 bits per heavy atom. The highest BCUT2D eigenvalue weighted by Gasteiger charge is 2.18. The molecule has 0 aromatic carbocycles. The van der Waals surface area contributed by atoms with Gasteiger partial charge in [0.1, 0.15) is 0 Å². The molecule has 0 aliphatic heterocycles. The highest BCUT2D eigenvalue weighted by Crippen LogP contribution is 2.18. The summed E-state index contributed by atoms with van der Waals surface area (Å²) in [5.41, 5.74) is 0. The van der Waals surface area contributed by atoms with Crippen molar-refractivity contribution in [1.29, 1.82) is 0 Å². The van der Waals surface area contributed by atoms with Crippen molar-refractivity contribution in [2.24, 2.45) is 0 Å². The number of esters is 1. The molecular formula is C67H129NO5. The molecule has 432 valence electrons. The van der Waals surface area contributed by atoms with Gasteiger partial charge in [-0.05, 0) is 57.8 Å². The lowest BCUT2D eigenvalue weighted by molar-refractivity contribution is -0.143. The van der Waals surface area contributed by atoms with Crippen molar-refractivity contribution in [3.63, 3.8) is 0 Å². The van der Waals surface area contributed by atoms with Crippen LogP contribution in [0.3, 0.4) is 0 Å². The lowest BCUT2D eigenvalue weighted by atomic mass is 10.0. The number of amides is 1. The van der Waals surface area contributed by atoms with Gasteiger partial charge in [-0.15, -0.1) is 0 Å². The van der Waals surface area contributed by atoms with Crippen LogP contribution in [0.5, 0.6) is 0 Å². The molecule has 0 radical (unpaired) electrons. The number of nitrogens with one attached hydrogen (secondary N) is 1. The van der Waals surface area contributed by atoms with E-state index in [1.807, 2.05) is 6.08 Å². The van der Waals surface area contributed by atoms with E-state index in [0.717, 1.165) is 38.5 Å². The molecular weight excluding hydrogens is 899 g/mol. The molecule has 0 aromatic heterocycles. The molecule has 0 fully saturated rings. The maximum Gasteiger partial charge on any atom is 0.305 e. The Kier molecular flexibility index (Phi) is 61.4. The molecule has 0 aliphatic rings. The van der Waals surface area contributed by atoms with E-state index in [9.17, 15) is 19.8 Å². The van der Waals surface area contributed by atoms with Crippen molar-refractivity contribution in [3.8, 4) is 0 Å². The average molecular weight is 1030 g/mol. The number of aliphatic hydroxyl groups excluding tert-OH is 2. The quantitative estimate of drug-likeness (QED) is 0.0320. The van der Waals surface area contributed by atoms with E-state index in [4.69, 9.17) is 4.74 Å². The second-order valence-electron chi connectivity index (χ2n) is 22.8. The summed E-state index contributed by atoms with van der Waals surface area (Å²) in [6, 6.07) is -0.632. The van der Waals surface area contributed by atoms with Gasteiger partial charge in [-0.2, -0.15) is 0 Å². The number of hydrogen-bond donors (Lipinski definition) is 3. The van der Waals surface area contributed by atoms with E-state index >= 15 is 0 Å². The first kappa shape index (κ1) is 71.3. The zero-order chi connectivity index (χ0) is 52.9. The predicted octanol–water partition coefficient (Wildman–Crippen LogP) is 21.0. The molecule has 1 amide bonds. The normalized spacial score (nSPS) is 12.7. The Morgan fingerprint density at radius 3 is 0.973 bits per heavy atom. The third-order valence-corrected chi connectivity index (χ3v) is 15.5. The van der Waals surface area contributed by atoms with Crippen LogP contribution in [-0.2, 0) is 14.3 Å². The predicted molar refractivity (Wildman–Crippen MR) is 320 cm³/mol. The van der Waals surface area contributed by atoms with Crippen LogP contribution in [0.15, 0.2) is 24.3 Å². The van der Waals surface area contributed by atoms with Crippen molar-refractivity contribution < 1.29 is 24.5 Å². The molecule has 0 rings (SSSR count). The van der Waals surface area contributed by atoms with Crippen molar-refractivity contribution in [2.75, 3.05) is 13.2 Å². The van der Waals surface area contributed by atoms with Gasteiger partial charge in [0.25, 0.3) is 0 Å². The average Bonchev–Trinajstić information content (AvgIpc) is 3.39. The second-order valence-corrected chi connectivity index (χ2v) is 22.8. The molecule has 0 heterocycles. The topological polar surface area (TPSA) is 95.9 Å². The maximum atomic E-state index is 12.5. The van der Waals surface area contributed by atoms with Crippen LogP contribution >= 0.6 is 0 Å². The van der Waals surface area contributed by atoms with Crippen LogP contribution in [0.4, 0.5) is 0 Å². The Labute approximate surface area is 456 Å². The zero-order valence-electron chi connectivity index (χ0n) is 49.4. The Balaban J connectivity index is 3.43. The highest BCUT2D eigenvalue weighted by atomic mass is 16.5.